The summed E-state index contributed by atoms with van der Waals surface area (Å²) in [6, 6.07) is 0. The van der Waals surface area contributed by atoms with Crippen molar-refractivity contribution in [2.24, 2.45) is 35.5 Å². The Balaban J connectivity index is 2.79. The van der Waals surface area contributed by atoms with Gasteiger partial charge >= 0.3 is 0 Å². The third kappa shape index (κ3) is 3.52. The zero-order chi connectivity index (χ0) is 13.7. The van der Waals surface area contributed by atoms with Crippen molar-refractivity contribution in [1.82, 2.24) is 0 Å². The van der Waals surface area contributed by atoms with E-state index in [1.165, 1.54) is 38.5 Å². The van der Waals surface area contributed by atoms with Crippen LogP contribution in [0.15, 0.2) is 0 Å². The number of hydrogen-bond donors (Lipinski definition) is 0. The highest BCUT2D eigenvalue weighted by molar-refractivity contribution is 4.88. The molecule has 0 aromatic rings. The summed E-state index contributed by atoms with van der Waals surface area (Å²) in [4.78, 5) is 0. The summed E-state index contributed by atoms with van der Waals surface area (Å²) < 4.78 is 0. The molecule has 0 saturated heterocycles. The maximum atomic E-state index is 2.54. The molecule has 0 heteroatoms. The Hall–Kier alpha value is 0. The molecule has 0 aromatic carbocycles. The monoisotopic (exact) mass is 252 g/mol. The highest BCUT2D eigenvalue weighted by atomic mass is 14.4. The lowest BCUT2D eigenvalue weighted by Crippen LogP contribution is -2.38. The van der Waals surface area contributed by atoms with Crippen molar-refractivity contribution in [1.29, 1.82) is 0 Å². The predicted octanol–water partition coefficient (Wildman–Crippen LogP) is 6.16. The van der Waals surface area contributed by atoms with E-state index in [-0.39, 0.29) is 0 Å². The van der Waals surface area contributed by atoms with Crippen LogP contribution in [-0.4, -0.2) is 0 Å². The average molecular weight is 252 g/mol. The van der Waals surface area contributed by atoms with Crippen LogP contribution in [0.1, 0.15) is 80.1 Å². The smallest absolute Gasteiger partial charge is 0.0352 e. The van der Waals surface area contributed by atoms with E-state index >= 15 is 0 Å². The normalized spacial score (nSPS) is 34.8. The van der Waals surface area contributed by atoms with Crippen LogP contribution in [0.5, 0.6) is 0 Å². The van der Waals surface area contributed by atoms with Crippen LogP contribution in [0.2, 0.25) is 0 Å². The second-order valence-electron chi connectivity index (χ2n) is 7.04. The molecular formula is C18H36. The summed E-state index contributed by atoms with van der Waals surface area (Å²) in [5.41, 5.74) is 0. The van der Waals surface area contributed by atoms with Crippen molar-refractivity contribution in [2.45, 2.75) is 80.1 Å². The molecule has 0 spiro atoms. The molecule has 0 heterocycles. The van der Waals surface area contributed by atoms with Gasteiger partial charge in [0.15, 0.2) is 0 Å². The fourth-order valence-electron chi connectivity index (χ4n) is 4.78. The molecule has 108 valence electrons. The van der Waals surface area contributed by atoms with E-state index in [0.717, 1.165) is 35.5 Å². The lowest BCUT2D eigenvalue weighted by molar-refractivity contribution is 0.0376. The Morgan fingerprint density at radius 1 is 1.00 bits per heavy atom. The molecule has 18 heavy (non-hydrogen) atoms. The van der Waals surface area contributed by atoms with E-state index < -0.39 is 0 Å². The lowest BCUT2D eigenvalue weighted by atomic mass is 9.60. The Morgan fingerprint density at radius 2 is 1.67 bits per heavy atom. The standard InChI is InChI=1S/C18H36/c1-7-10-17(13(4)5)18-12-11-15(8-2)14(6)16(18)9-3/h13-18H,7-12H2,1-6H3/t14-,15?,16?,17?,18?/m0/s1. The molecule has 5 atom stereocenters. The van der Waals surface area contributed by atoms with Crippen LogP contribution < -0.4 is 0 Å². The fourth-order valence-corrected chi connectivity index (χ4v) is 4.78. The molecule has 1 aliphatic rings. The molecular weight excluding hydrogens is 216 g/mol. The van der Waals surface area contributed by atoms with Gasteiger partial charge in [-0.05, 0) is 48.3 Å². The van der Waals surface area contributed by atoms with Crippen molar-refractivity contribution in [3.8, 4) is 0 Å². The van der Waals surface area contributed by atoms with E-state index in [0.29, 0.717) is 0 Å². The Kier molecular flexibility index (Phi) is 6.74. The average Bonchev–Trinajstić information content (AvgIpc) is 2.35. The van der Waals surface area contributed by atoms with Crippen molar-refractivity contribution >= 4 is 0 Å². The van der Waals surface area contributed by atoms with Crippen LogP contribution in [0, 0.1) is 35.5 Å². The Morgan fingerprint density at radius 3 is 2.11 bits per heavy atom. The van der Waals surface area contributed by atoms with Crippen LogP contribution in [0.3, 0.4) is 0 Å². The van der Waals surface area contributed by atoms with Crippen LogP contribution in [-0.2, 0) is 0 Å². The maximum absolute atomic E-state index is 2.54. The van der Waals surface area contributed by atoms with Crippen molar-refractivity contribution in [2.75, 3.05) is 0 Å². The highest BCUT2D eigenvalue weighted by Gasteiger charge is 2.38. The highest BCUT2D eigenvalue weighted by Crippen LogP contribution is 2.47. The van der Waals surface area contributed by atoms with E-state index in [1.807, 2.05) is 0 Å². The van der Waals surface area contributed by atoms with Crippen LogP contribution in [0.4, 0.5) is 0 Å². The first kappa shape index (κ1) is 16.1. The SMILES string of the molecule is CCCC(C(C)C)C1CCC(CC)[C@H](C)C1CC. The number of hydrogen-bond acceptors (Lipinski definition) is 0. The fraction of sp³-hybridized carbons (Fsp3) is 1.00. The largest absolute Gasteiger partial charge is 0.0654 e. The molecule has 0 aliphatic heterocycles. The summed E-state index contributed by atoms with van der Waals surface area (Å²) in [6.07, 6.45) is 8.60. The summed E-state index contributed by atoms with van der Waals surface area (Å²) in [7, 11) is 0. The molecule has 1 saturated carbocycles. The van der Waals surface area contributed by atoms with Gasteiger partial charge in [-0.25, -0.2) is 0 Å². The molecule has 0 bridgehead atoms. The summed E-state index contributed by atoms with van der Waals surface area (Å²) in [5, 5.41) is 0. The molecule has 0 amide bonds. The first-order chi connectivity index (χ1) is 8.56. The predicted molar refractivity (Wildman–Crippen MR) is 82.7 cm³/mol. The van der Waals surface area contributed by atoms with E-state index in [4.69, 9.17) is 0 Å². The minimum atomic E-state index is 0.870. The quantitative estimate of drug-likeness (QED) is 0.531. The van der Waals surface area contributed by atoms with Gasteiger partial charge in [0.25, 0.3) is 0 Å². The van der Waals surface area contributed by atoms with Gasteiger partial charge in [0.2, 0.25) is 0 Å². The zero-order valence-corrected chi connectivity index (χ0v) is 13.7. The molecule has 1 fully saturated rings. The first-order valence-corrected chi connectivity index (χ1v) is 8.56. The van der Waals surface area contributed by atoms with Gasteiger partial charge in [-0.1, -0.05) is 67.2 Å². The van der Waals surface area contributed by atoms with Gasteiger partial charge in [0.1, 0.15) is 0 Å². The van der Waals surface area contributed by atoms with E-state index in [1.54, 1.807) is 0 Å². The van der Waals surface area contributed by atoms with Crippen LogP contribution in [0.25, 0.3) is 0 Å². The summed E-state index contributed by atoms with van der Waals surface area (Å²) >= 11 is 0. The van der Waals surface area contributed by atoms with Crippen molar-refractivity contribution < 1.29 is 0 Å². The number of rotatable bonds is 6. The third-order valence-corrected chi connectivity index (χ3v) is 5.86. The van der Waals surface area contributed by atoms with Gasteiger partial charge in [0.05, 0.1) is 0 Å². The summed E-state index contributed by atoms with van der Waals surface area (Å²) in [5.74, 6) is 5.79. The van der Waals surface area contributed by atoms with Crippen LogP contribution >= 0.6 is 0 Å². The van der Waals surface area contributed by atoms with Gasteiger partial charge in [-0.3, -0.25) is 0 Å². The van der Waals surface area contributed by atoms with Gasteiger partial charge in [-0.15, -0.1) is 0 Å². The molecule has 0 radical (unpaired) electrons. The molecule has 4 unspecified atom stereocenters. The molecule has 0 aromatic heterocycles. The van der Waals surface area contributed by atoms with E-state index in [9.17, 15) is 0 Å². The third-order valence-electron chi connectivity index (χ3n) is 5.86. The van der Waals surface area contributed by atoms with Crippen molar-refractivity contribution in [3.63, 3.8) is 0 Å². The topological polar surface area (TPSA) is 0 Å². The molecule has 0 N–H and O–H groups in total. The Labute approximate surface area is 116 Å². The minimum absolute atomic E-state index is 0.870. The molecule has 0 nitrogen and oxygen atoms in total. The van der Waals surface area contributed by atoms with E-state index in [2.05, 4.69) is 41.5 Å². The van der Waals surface area contributed by atoms with Gasteiger partial charge < -0.3 is 0 Å². The second-order valence-corrected chi connectivity index (χ2v) is 7.04. The minimum Gasteiger partial charge on any atom is -0.0654 e. The molecule has 1 aliphatic carbocycles. The summed E-state index contributed by atoms with van der Waals surface area (Å²) in [6.45, 7) is 14.6. The van der Waals surface area contributed by atoms with Gasteiger partial charge in [0, 0.05) is 0 Å². The van der Waals surface area contributed by atoms with Gasteiger partial charge in [-0.2, -0.15) is 0 Å². The first-order valence-electron chi connectivity index (χ1n) is 8.56. The maximum Gasteiger partial charge on any atom is -0.0352 e. The zero-order valence-electron chi connectivity index (χ0n) is 13.7. The lowest BCUT2D eigenvalue weighted by Gasteiger charge is -2.46. The second kappa shape index (κ2) is 7.56. The molecule has 1 rings (SSSR count). The van der Waals surface area contributed by atoms with Crippen molar-refractivity contribution in [3.05, 3.63) is 0 Å². The Bertz CT molecular complexity index is 218.